The molecule has 0 aliphatic carbocycles. The van der Waals surface area contributed by atoms with E-state index in [9.17, 15) is 4.79 Å². The predicted octanol–water partition coefficient (Wildman–Crippen LogP) is 2.43. The molecule has 2 rings (SSSR count). The summed E-state index contributed by atoms with van der Waals surface area (Å²) in [4.78, 5) is 21.0. The molecule has 5 nitrogen and oxygen atoms in total. The Morgan fingerprint density at radius 3 is 2.74 bits per heavy atom. The number of thioether (sulfide) groups is 1. The third-order valence-electron chi connectivity index (χ3n) is 3.33. The molecule has 0 aliphatic rings. The van der Waals surface area contributed by atoms with Crippen LogP contribution in [0.5, 0.6) is 0 Å². The lowest BCUT2D eigenvalue weighted by atomic mass is 10.3. The number of carbonyl (C=O) groups is 1. The number of hydrogen-bond donors (Lipinski definition) is 0. The summed E-state index contributed by atoms with van der Waals surface area (Å²) >= 11 is 3.15. The minimum atomic E-state index is 0.133. The second-order valence-corrected chi connectivity index (χ2v) is 7.67. The maximum absolute atomic E-state index is 12.5. The van der Waals surface area contributed by atoms with Gasteiger partial charge >= 0.3 is 0 Å². The van der Waals surface area contributed by atoms with Crippen LogP contribution in [0.25, 0.3) is 10.2 Å². The van der Waals surface area contributed by atoms with E-state index in [0.29, 0.717) is 18.9 Å². The van der Waals surface area contributed by atoms with Crippen molar-refractivity contribution in [1.82, 2.24) is 14.8 Å². The zero-order valence-corrected chi connectivity index (χ0v) is 15.5. The fraction of sp³-hybridized carbons (Fsp3) is 0.500. The molecular weight excluding hydrogens is 330 g/mol. The van der Waals surface area contributed by atoms with E-state index in [2.05, 4.69) is 16.0 Å². The zero-order valence-electron chi connectivity index (χ0n) is 13.8. The van der Waals surface area contributed by atoms with E-state index in [1.807, 2.05) is 37.2 Å². The SMILES string of the molecule is COCCN(CCN(C)C)C(=O)CSc1nc2ccccc2s1. The van der Waals surface area contributed by atoms with Gasteiger partial charge in [-0.3, -0.25) is 4.79 Å². The number of benzene rings is 1. The highest BCUT2D eigenvalue weighted by molar-refractivity contribution is 8.01. The van der Waals surface area contributed by atoms with Crippen LogP contribution in [0, 0.1) is 0 Å². The normalized spacial score (nSPS) is 11.3. The number of aromatic nitrogens is 1. The van der Waals surface area contributed by atoms with Crippen LogP contribution in [-0.2, 0) is 9.53 Å². The van der Waals surface area contributed by atoms with Crippen molar-refractivity contribution in [3.8, 4) is 0 Å². The van der Waals surface area contributed by atoms with Crippen molar-refractivity contribution < 1.29 is 9.53 Å². The maximum atomic E-state index is 12.5. The largest absolute Gasteiger partial charge is 0.383 e. The molecule has 0 spiro atoms. The van der Waals surface area contributed by atoms with Gasteiger partial charge in [-0.2, -0.15) is 0 Å². The Morgan fingerprint density at radius 1 is 1.26 bits per heavy atom. The highest BCUT2D eigenvalue weighted by Gasteiger charge is 2.15. The van der Waals surface area contributed by atoms with Gasteiger partial charge < -0.3 is 14.5 Å². The Hall–Kier alpha value is -1.15. The average Bonchev–Trinajstić information content (AvgIpc) is 2.95. The Balaban J connectivity index is 1.91. The van der Waals surface area contributed by atoms with Gasteiger partial charge in [-0.25, -0.2) is 4.98 Å². The first kappa shape index (κ1) is 18.2. The van der Waals surface area contributed by atoms with E-state index in [0.717, 1.165) is 27.6 Å². The summed E-state index contributed by atoms with van der Waals surface area (Å²) in [5.74, 6) is 0.546. The Labute approximate surface area is 145 Å². The standard InChI is InChI=1S/C16H23N3O2S2/c1-18(2)8-9-19(10-11-21-3)15(20)12-22-16-17-13-6-4-5-7-14(13)23-16/h4-7H,8-12H2,1-3H3. The molecule has 1 heterocycles. The number of methoxy groups -OCH3 is 1. The summed E-state index contributed by atoms with van der Waals surface area (Å²) in [5, 5.41) is 0. The van der Waals surface area contributed by atoms with Gasteiger partial charge in [0.2, 0.25) is 5.91 Å². The van der Waals surface area contributed by atoms with Crippen molar-refractivity contribution in [1.29, 1.82) is 0 Å². The van der Waals surface area contributed by atoms with Crippen molar-refractivity contribution >= 4 is 39.2 Å². The number of hydrogen-bond acceptors (Lipinski definition) is 6. The lowest BCUT2D eigenvalue weighted by molar-refractivity contribution is -0.129. The summed E-state index contributed by atoms with van der Waals surface area (Å²) in [6, 6.07) is 8.05. The summed E-state index contributed by atoms with van der Waals surface area (Å²) in [7, 11) is 5.67. The lowest BCUT2D eigenvalue weighted by Gasteiger charge is -2.23. The third kappa shape index (κ3) is 5.76. The molecule has 0 fully saturated rings. The molecule has 0 radical (unpaired) electrons. The second kappa shape index (κ2) is 9.22. The second-order valence-electron chi connectivity index (χ2n) is 5.41. The molecule has 0 unspecified atom stereocenters. The van der Waals surface area contributed by atoms with Gasteiger partial charge in [0.1, 0.15) is 0 Å². The van der Waals surface area contributed by atoms with Crippen LogP contribution in [-0.4, -0.2) is 73.9 Å². The molecule has 0 aliphatic heterocycles. The molecule has 0 atom stereocenters. The third-order valence-corrected chi connectivity index (χ3v) is 5.49. The first-order chi connectivity index (χ1) is 11.1. The minimum absolute atomic E-state index is 0.133. The number of thiazole rings is 1. The number of fused-ring (bicyclic) bond motifs is 1. The molecular formula is C16H23N3O2S2. The van der Waals surface area contributed by atoms with Crippen molar-refractivity contribution in [3.05, 3.63) is 24.3 Å². The zero-order chi connectivity index (χ0) is 16.7. The van der Waals surface area contributed by atoms with Gasteiger partial charge in [0, 0.05) is 26.7 Å². The van der Waals surface area contributed by atoms with E-state index < -0.39 is 0 Å². The van der Waals surface area contributed by atoms with Crippen LogP contribution in [0.2, 0.25) is 0 Å². The summed E-state index contributed by atoms with van der Waals surface area (Å²) < 4.78 is 7.21. The van der Waals surface area contributed by atoms with E-state index in [1.54, 1.807) is 18.4 Å². The van der Waals surface area contributed by atoms with Crippen LogP contribution in [0.1, 0.15) is 0 Å². The van der Waals surface area contributed by atoms with E-state index in [1.165, 1.54) is 11.8 Å². The fourth-order valence-electron chi connectivity index (χ4n) is 2.01. The van der Waals surface area contributed by atoms with Crippen molar-refractivity contribution in [2.24, 2.45) is 0 Å². The number of likely N-dealkylation sites (N-methyl/N-ethyl adjacent to an activating group) is 1. The predicted molar refractivity (Wildman–Crippen MR) is 97.4 cm³/mol. The smallest absolute Gasteiger partial charge is 0.233 e. The molecule has 1 amide bonds. The number of rotatable bonds is 9. The topological polar surface area (TPSA) is 45.7 Å². The molecule has 1 aromatic heterocycles. The van der Waals surface area contributed by atoms with Gasteiger partial charge in [0.05, 0.1) is 22.6 Å². The van der Waals surface area contributed by atoms with Crippen LogP contribution < -0.4 is 0 Å². The Morgan fingerprint density at radius 2 is 2.04 bits per heavy atom. The van der Waals surface area contributed by atoms with Gasteiger partial charge in [-0.05, 0) is 26.2 Å². The molecule has 1 aromatic carbocycles. The number of para-hydroxylation sites is 1. The molecule has 0 saturated carbocycles. The molecule has 23 heavy (non-hydrogen) atoms. The number of amides is 1. The summed E-state index contributed by atoms with van der Waals surface area (Å²) in [5.41, 5.74) is 0.997. The number of nitrogens with zero attached hydrogens (tertiary/aromatic N) is 3. The number of carbonyl (C=O) groups excluding carboxylic acids is 1. The van der Waals surface area contributed by atoms with E-state index >= 15 is 0 Å². The van der Waals surface area contributed by atoms with Gasteiger partial charge in [-0.15, -0.1) is 11.3 Å². The molecule has 126 valence electrons. The van der Waals surface area contributed by atoms with Crippen LogP contribution >= 0.6 is 23.1 Å². The van der Waals surface area contributed by atoms with Gasteiger partial charge in [-0.1, -0.05) is 23.9 Å². The van der Waals surface area contributed by atoms with Crippen LogP contribution in [0.4, 0.5) is 0 Å². The Bertz CT molecular complexity index is 598. The van der Waals surface area contributed by atoms with Crippen LogP contribution in [0.15, 0.2) is 28.6 Å². The number of ether oxygens (including phenoxy) is 1. The quantitative estimate of drug-likeness (QED) is 0.648. The minimum Gasteiger partial charge on any atom is -0.383 e. The van der Waals surface area contributed by atoms with Crippen molar-refractivity contribution in [2.75, 3.05) is 53.2 Å². The first-order valence-corrected chi connectivity index (χ1v) is 9.30. The first-order valence-electron chi connectivity index (χ1n) is 7.50. The molecule has 0 N–H and O–H groups in total. The lowest BCUT2D eigenvalue weighted by Crippen LogP contribution is -2.39. The van der Waals surface area contributed by atoms with Crippen LogP contribution in [0.3, 0.4) is 0 Å². The van der Waals surface area contributed by atoms with Gasteiger partial charge in [0.15, 0.2) is 4.34 Å². The average molecular weight is 354 g/mol. The maximum Gasteiger partial charge on any atom is 0.233 e. The van der Waals surface area contributed by atoms with Crippen molar-refractivity contribution in [3.63, 3.8) is 0 Å². The molecule has 0 bridgehead atoms. The molecule has 7 heteroatoms. The van der Waals surface area contributed by atoms with E-state index in [-0.39, 0.29) is 5.91 Å². The summed E-state index contributed by atoms with van der Waals surface area (Å²) in [6.45, 7) is 2.76. The monoisotopic (exact) mass is 353 g/mol. The summed E-state index contributed by atoms with van der Waals surface area (Å²) in [6.07, 6.45) is 0. The Kier molecular flexibility index (Phi) is 7.29. The highest BCUT2D eigenvalue weighted by Crippen LogP contribution is 2.29. The highest BCUT2D eigenvalue weighted by atomic mass is 32.2. The van der Waals surface area contributed by atoms with Crippen molar-refractivity contribution in [2.45, 2.75) is 4.34 Å². The molecule has 2 aromatic rings. The van der Waals surface area contributed by atoms with E-state index in [4.69, 9.17) is 4.74 Å². The molecule has 0 saturated heterocycles. The van der Waals surface area contributed by atoms with Gasteiger partial charge in [0.25, 0.3) is 0 Å². The fourth-order valence-corrected chi connectivity index (χ4v) is 3.98.